The number of ether oxygens (including phenoxy) is 2. The first-order valence-corrected chi connectivity index (χ1v) is 7.44. The van der Waals surface area contributed by atoms with E-state index in [2.05, 4.69) is 4.74 Å². The molecule has 0 atom stereocenters. The van der Waals surface area contributed by atoms with Gasteiger partial charge in [0.25, 0.3) is 0 Å². The molecule has 0 amide bonds. The molecule has 0 N–H and O–H groups in total. The second kappa shape index (κ2) is 8.57. The number of rotatable bonds is 7. The van der Waals surface area contributed by atoms with Crippen molar-refractivity contribution in [3.63, 3.8) is 0 Å². The summed E-state index contributed by atoms with van der Waals surface area (Å²) in [5.74, 6) is -1.02. The Labute approximate surface area is 139 Å². The van der Waals surface area contributed by atoms with Gasteiger partial charge in [0.05, 0.1) is 0 Å². The van der Waals surface area contributed by atoms with Crippen LogP contribution in [-0.2, 0) is 20.8 Å². The fraction of sp³-hybridized carbons (Fsp3) is 0.222. The fourth-order valence-corrected chi connectivity index (χ4v) is 2.03. The molecule has 0 bridgehead atoms. The molecule has 1 aromatic carbocycles. The van der Waals surface area contributed by atoms with E-state index in [4.69, 9.17) is 4.74 Å². The van der Waals surface area contributed by atoms with Crippen LogP contribution in [0.25, 0.3) is 0 Å². The summed E-state index contributed by atoms with van der Waals surface area (Å²) in [7, 11) is 0. The van der Waals surface area contributed by atoms with Crippen molar-refractivity contribution < 1.29 is 28.4 Å². The number of ketones is 1. The van der Waals surface area contributed by atoms with Gasteiger partial charge in [0.15, 0.2) is 12.4 Å². The standard InChI is InChI=1S/C18H18NO5/c1-14(20)23-10-11-24-18(22)16-8-5-9-19(12-16)13-17(21)15-6-3-2-4-7-15/h2-9,12H,10-11,13H2,1H3/q+1. The third-order valence-corrected chi connectivity index (χ3v) is 3.14. The van der Waals surface area contributed by atoms with Crippen molar-refractivity contribution in [2.75, 3.05) is 13.2 Å². The lowest BCUT2D eigenvalue weighted by atomic mass is 10.1. The summed E-state index contributed by atoms with van der Waals surface area (Å²) in [6.07, 6.45) is 3.26. The van der Waals surface area contributed by atoms with E-state index in [1.54, 1.807) is 53.4 Å². The zero-order valence-electron chi connectivity index (χ0n) is 13.3. The number of Topliss-reactive ketones (excluding diaryl/α,β-unsaturated/α-hetero) is 1. The maximum Gasteiger partial charge on any atom is 0.344 e. The van der Waals surface area contributed by atoms with E-state index < -0.39 is 11.9 Å². The Hall–Kier alpha value is -3.02. The van der Waals surface area contributed by atoms with Gasteiger partial charge in [-0.3, -0.25) is 9.59 Å². The molecule has 0 spiro atoms. The van der Waals surface area contributed by atoms with Gasteiger partial charge in [0, 0.05) is 18.6 Å². The maximum atomic E-state index is 12.2. The zero-order chi connectivity index (χ0) is 17.4. The Bertz CT molecular complexity index is 727. The Morgan fingerprint density at radius 1 is 0.917 bits per heavy atom. The molecule has 6 nitrogen and oxygen atoms in total. The van der Waals surface area contributed by atoms with Crippen LogP contribution in [0.4, 0.5) is 0 Å². The van der Waals surface area contributed by atoms with Gasteiger partial charge in [-0.1, -0.05) is 30.3 Å². The summed E-state index contributed by atoms with van der Waals surface area (Å²) in [6.45, 7) is 1.40. The molecule has 0 saturated heterocycles. The number of pyridine rings is 1. The van der Waals surface area contributed by atoms with Gasteiger partial charge in [-0.2, -0.15) is 4.57 Å². The van der Waals surface area contributed by atoms with Crippen LogP contribution in [0.3, 0.4) is 0 Å². The van der Waals surface area contributed by atoms with Crippen molar-refractivity contribution in [1.29, 1.82) is 0 Å². The van der Waals surface area contributed by atoms with Crippen LogP contribution in [0.15, 0.2) is 54.9 Å². The highest BCUT2D eigenvalue weighted by molar-refractivity contribution is 5.95. The topological polar surface area (TPSA) is 73.6 Å². The predicted molar refractivity (Wildman–Crippen MR) is 84.3 cm³/mol. The van der Waals surface area contributed by atoms with Gasteiger partial charge >= 0.3 is 11.9 Å². The van der Waals surface area contributed by atoms with E-state index >= 15 is 0 Å². The number of esters is 2. The van der Waals surface area contributed by atoms with E-state index in [0.29, 0.717) is 11.1 Å². The molecule has 6 heteroatoms. The molecule has 2 rings (SSSR count). The third kappa shape index (κ3) is 5.31. The molecule has 2 aromatic rings. The number of carbonyl (C=O) groups excluding carboxylic acids is 3. The Kier molecular flexibility index (Phi) is 6.19. The first-order valence-electron chi connectivity index (χ1n) is 7.44. The number of benzene rings is 1. The SMILES string of the molecule is CC(=O)OCCOC(=O)c1ccc[n+](CC(=O)c2ccccc2)c1. The van der Waals surface area contributed by atoms with Crippen molar-refractivity contribution >= 4 is 17.7 Å². The monoisotopic (exact) mass is 328 g/mol. The van der Waals surface area contributed by atoms with Crippen LogP contribution in [0.1, 0.15) is 27.6 Å². The van der Waals surface area contributed by atoms with E-state index in [1.807, 2.05) is 6.07 Å². The molecule has 0 aliphatic carbocycles. The molecule has 0 aliphatic heterocycles. The second-order valence-electron chi connectivity index (χ2n) is 5.03. The van der Waals surface area contributed by atoms with Gasteiger partial charge in [-0.25, -0.2) is 4.79 Å². The third-order valence-electron chi connectivity index (χ3n) is 3.14. The first-order chi connectivity index (χ1) is 11.6. The number of carbonyl (C=O) groups is 3. The minimum absolute atomic E-state index is 0.0143. The predicted octanol–water partition coefficient (Wildman–Crippen LogP) is 1.58. The Morgan fingerprint density at radius 3 is 2.29 bits per heavy atom. The van der Waals surface area contributed by atoms with Gasteiger partial charge in [-0.05, 0) is 6.07 Å². The summed E-state index contributed by atoms with van der Waals surface area (Å²) in [6, 6.07) is 12.2. The van der Waals surface area contributed by atoms with Gasteiger partial charge in [0.2, 0.25) is 12.3 Å². The molecule has 0 radical (unpaired) electrons. The number of nitrogens with zero attached hydrogens (tertiary/aromatic N) is 1. The Morgan fingerprint density at radius 2 is 1.58 bits per heavy atom. The van der Waals surface area contributed by atoms with Gasteiger partial charge < -0.3 is 9.47 Å². The molecule has 0 fully saturated rings. The molecular weight excluding hydrogens is 310 g/mol. The fourth-order valence-electron chi connectivity index (χ4n) is 2.03. The largest absolute Gasteiger partial charge is 0.462 e. The number of aromatic nitrogens is 1. The summed E-state index contributed by atoms with van der Waals surface area (Å²) in [5.41, 5.74) is 0.931. The molecule has 0 unspecified atom stereocenters. The summed E-state index contributed by atoms with van der Waals surface area (Å²) >= 11 is 0. The van der Waals surface area contributed by atoms with Gasteiger partial charge in [0.1, 0.15) is 18.8 Å². The molecule has 0 saturated carbocycles. The van der Waals surface area contributed by atoms with E-state index in [-0.39, 0.29) is 25.5 Å². The lowest BCUT2D eigenvalue weighted by Crippen LogP contribution is -2.38. The minimum atomic E-state index is -0.538. The summed E-state index contributed by atoms with van der Waals surface area (Å²) < 4.78 is 11.3. The normalized spacial score (nSPS) is 10.0. The van der Waals surface area contributed by atoms with Crippen LogP contribution in [0.2, 0.25) is 0 Å². The molecule has 1 aromatic heterocycles. The molecule has 0 aliphatic rings. The zero-order valence-corrected chi connectivity index (χ0v) is 13.3. The second-order valence-corrected chi connectivity index (χ2v) is 5.03. The average molecular weight is 328 g/mol. The molecule has 1 heterocycles. The quantitative estimate of drug-likeness (QED) is 0.334. The highest BCUT2D eigenvalue weighted by atomic mass is 16.6. The molecule has 24 heavy (non-hydrogen) atoms. The lowest BCUT2D eigenvalue weighted by Gasteiger charge is -2.04. The van der Waals surface area contributed by atoms with E-state index in [1.165, 1.54) is 6.92 Å². The lowest BCUT2D eigenvalue weighted by molar-refractivity contribution is -0.683. The highest BCUT2D eigenvalue weighted by Crippen LogP contribution is 2.02. The first kappa shape index (κ1) is 17.3. The van der Waals surface area contributed by atoms with Crippen LogP contribution < -0.4 is 4.57 Å². The van der Waals surface area contributed by atoms with Crippen LogP contribution in [-0.4, -0.2) is 30.9 Å². The van der Waals surface area contributed by atoms with Crippen molar-refractivity contribution in [3.8, 4) is 0 Å². The minimum Gasteiger partial charge on any atom is -0.462 e. The van der Waals surface area contributed by atoms with Gasteiger partial charge in [-0.15, -0.1) is 0 Å². The van der Waals surface area contributed by atoms with Crippen molar-refractivity contribution in [3.05, 3.63) is 66.0 Å². The summed E-state index contributed by atoms with van der Waals surface area (Å²) in [5, 5.41) is 0. The number of hydrogen-bond acceptors (Lipinski definition) is 5. The maximum absolute atomic E-state index is 12.2. The highest BCUT2D eigenvalue weighted by Gasteiger charge is 2.15. The van der Waals surface area contributed by atoms with E-state index in [0.717, 1.165) is 0 Å². The van der Waals surface area contributed by atoms with Crippen molar-refractivity contribution in [2.45, 2.75) is 13.5 Å². The van der Waals surface area contributed by atoms with Crippen molar-refractivity contribution in [1.82, 2.24) is 0 Å². The van der Waals surface area contributed by atoms with E-state index in [9.17, 15) is 14.4 Å². The average Bonchev–Trinajstić information content (AvgIpc) is 2.59. The smallest absolute Gasteiger partial charge is 0.344 e. The molecular formula is C18H18NO5+. The summed E-state index contributed by atoms with van der Waals surface area (Å²) in [4.78, 5) is 34.7. The Balaban J connectivity index is 1.94. The van der Waals surface area contributed by atoms with Crippen LogP contribution in [0.5, 0.6) is 0 Å². The molecule has 124 valence electrons. The van der Waals surface area contributed by atoms with Crippen LogP contribution >= 0.6 is 0 Å². The van der Waals surface area contributed by atoms with Crippen LogP contribution in [0, 0.1) is 0 Å². The van der Waals surface area contributed by atoms with Crippen molar-refractivity contribution in [2.24, 2.45) is 0 Å². The number of hydrogen-bond donors (Lipinski definition) is 0.